The van der Waals surface area contributed by atoms with Crippen LogP contribution < -0.4 is 0 Å². The van der Waals surface area contributed by atoms with E-state index < -0.39 is 0 Å². The molecule has 0 saturated heterocycles. The van der Waals surface area contributed by atoms with Crippen LogP contribution in [0, 0.1) is 11.8 Å². The molecular formula is C15H18Zr. The fourth-order valence-electron chi connectivity index (χ4n) is 3.18. The minimum absolute atomic E-state index is 0.355. The Hall–Kier alpha value is -0.157. The van der Waals surface area contributed by atoms with Crippen LogP contribution in [-0.2, 0) is 23.2 Å². The van der Waals surface area contributed by atoms with E-state index in [0.29, 0.717) is 0 Å². The molecule has 0 aromatic carbocycles. The minimum atomic E-state index is -0.355. The summed E-state index contributed by atoms with van der Waals surface area (Å²) in [5, 5.41) is 0. The first-order chi connectivity index (χ1) is 7.84. The van der Waals surface area contributed by atoms with Gasteiger partial charge in [0.05, 0.1) is 0 Å². The van der Waals surface area contributed by atoms with Crippen molar-refractivity contribution in [2.45, 2.75) is 29.8 Å². The van der Waals surface area contributed by atoms with Crippen molar-refractivity contribution >= 4 is 0 Å². The first-order valence-electron chi connectivity index (χ1n) is 6.33. The van der Waals surface area contributed by atoms with Gasteiger partial charge in [0, 0.05) is 0 Å². The molecule has 0 nitrogen and oxygen atoms in total. The van der Waals surface area contributed by atoms with Gasteiger partial charge in [0.2, 0.25) is 0 Å². The van der Waals surface area contributed by atoms with Gasteiger partial charge in [-0.05, 0) is 0 Å². The Kier molecular flexibility index (Phi) is 3.16. The summed E-state index contributed by atoms with van der Waals surface area (Å²) < 4.78 is 2.79. The summed E-state index contributed by atoms with van der Waals surface area (Å²) in [5.74, 6) is 1.85. The second-order valence-electron chi connectivity index (χ2n) is 5.19. The van der Waals surface area contributed by atoms with Crippen LogP contribution in [0.3, 0.4) is 0 Å². The van der Waals surface area contributed by atoms with Gasteiger partial charge in [-0.25, -0.2) is 0 Å². The molecule has 82 valence electrons. The third-order valence-corrected chi connectivity index (χ3v) is 8.82. The summed E-state index contributed by atoms with van der Waals surface area (Å²) in [6.45, 7) is 2.48. The molecule has 1 heteroatoms. The van der Waals surface area contributed by atoms with Gasteiger partial charge in [-0.1, -0.05) is 0 Å². The maximum absolute atomic E-state index is 2.48. The van der Waals surface area contributed by atoms with E-state index in [9.17, 15) is 0 Å². The van der Waals surface area contributed by atoms with Crippen LogP contribution in [0.15, 0.2) is 45.3 Å². The predicted octanol–water partition coefficient (Wildman–Crippen LogP) is 4.24. The first kappa shape index (κ1) is 11.0. The molecule has 0 heterocycles. The summed E-state index contributed by atoms with van der Waals surface area (Å²) in [6.07, 6.45) is 18.1. The topological polar surface area (TPSA) is 0 Å². The number of allylic oxidation sites excluding steroid dienone is 8. The van der Waals surface area contributed by atoms with Crippen molar-refractivity contribution in [1.82, 2.24) is 0 Å². The van der Waals surface area contributed by atoms with Gasteiger partial charge in [-0.3, -0.25) is 0 Å². The third-order valence-electron chi connectivity index (χ3n) is 4.01. The van der Waals surface area contributed by atoms with Crippen molar-refractivity contribution in [3.05, 3.63) is 45.3 Å². The van der Waals surface area contributed by atoms with Crippen LogP contribution in [0.2, 0.25) is 3.63 Å². The number of hydrogen-bond acceptors (Lipinski definition) is 0. The van der Waals surface area contributed by atoms with Crippen LogP contribution >= 0.6 is 0 Å². The Balaban J connectivity index is 1.77. The van der Waals surface area contributed by atoms with Crippen molar-refractivity contribution in [3.8, 4) is 0 Å². The molecule has 0 spiro atoms. The van der Waals surface area contributed by atoms with E-state index in [1.807, 2.05) is 5.57 Å². The van der Waals surface area contributed by atoms with Crippen molar-refractivity contribution in [2.75, 3.05) is 0 Å². The number of rotatable bonds is 2. The fraction of sp³-hybridized carbons (Fsp3) is 0.467. The summed E-state index contributed by atoms with van der Waals surface area (Å²) >= 11 is -0.355. The monoisotopic (exact) mass is 288 g/mol. The molecule has 0 bridgehead atoms. The zero-order valence-corrected chi connectivity index (χ0v) is 12.3. The van der Waals surface area contributed by atoms with E-state index >= 15 is 0 Å². The molecule has 0 aromatic heterocycles. The van der Waals surface area contributed by atoms with Crippen molar-refractivity contribution < 1.29 is 23.2 Å². The summed E-state index contributed by atoms with van der Waals surface area (Å²) in [7, 11) is 0. The molecule has 3 aliphatic rings. The zero-order valence-electron chi connectivity index (χ0n) is 9.82. The maximum atomic E-state index is 2.48. The van der Waals surface area contributed by atoms with Crippen molar-refractivity contribution in [2.24, 2.45) is 11.8 Å². The van der Waals surface area contributed by atoms with Gasteiger partial charge in [0.15, 0.2) is 0 Å². The van der Waals surface area contributed by atoms with Crippen molar-refractivity contribution in [1.29, 1.82) is 0 Å². The quantitative estimate of drug-likeness (QED) is 0.713. The Morgan fingerprint density at radius 2 is 2.06 bits per heavy atom. The van der Waals surface area contributed by atoms with Crippen LogP contribution in [0.5, 0.6) is 0 Å². The Morgan fingerprint density at radius 3 is 2.88 bits per heavy atom. The van der Waals surface area contributed by atoms with E-state index in [1.165, 1.54) is 19.3 Å². The van der Waals surface area contributed by atoms with Crippen LogP contribution in [0.25, 0.3) is 0 Å². The van der Waals surface area contributed by atoms with Crippen molar-refractivity contribution in [3.63, 3.8) is 0 Å². The second kappa shape index (κ2) is 4.61. The van der Waals surface area contributed by atoms with Crippen LogP contribution in [-0.4, -0.2) is 0 Å². The molecule has 0 amide bonds. The fourth-order valence-corrected chi connectivity index (χ4v) is 7.47. The molecular weight excluding hydrogens is 271 g/mol. The van der Waals surface area contributed by atoms with E-state index in [-0.39, 0.29) is 23.2 Å². The standard InChI is InChI=1S/C10H13.C5H5.Zr/c1-8-6-9-4-2-3-5-10(9)7-8;1-2-4-5-3-1;/h2-4,6,8,10H,5,7H2,1H3;1-3H,4H2;. The average molecular weight is 290 g/mol. The Morgan fingerprint density at radius 1 is 1.19 bits per heavy atom. The predicted molar refractivity (Wildman–Crippen MR) is 64.7 cm³/mol. The molecule has 1 saturated carbocycles. The molecule has 16 heavy (non-hydrogen) atoms. The normalized spacial score (nSPS) is 35.9. The molecule has 1 fully saturated rings. The van der Waals surface area contributed by atoms with Crippen LogP contribution in [0.1, 0.15) is 26.2 Å². The molecule has 0 aromatic rings. The molecule has 0 N–H and O–H groups in total. The van der Waals surface area contributed by atoms with Gasteiger partial charge >= 0.3 is 110 Å². The molecule has 3 aliphatic carbocycles. The number of fused-ring (bicyclic) bond motifs is 1. The third kappa shape index (κ3) is 1.99. The Labute approximate surface area is 110 Å². The van der Waals surface area contributed by atoms with Gasteiger partial charge < -0.3 is 0 Å². The first-order valence-corrected chi connectivity index (χ1v) is 8.98. The summed E-state index contributed by atoms with van der Waals surface area (Å²) in [4.78, 5) is 0. The van der Waals surface area contributed by atoms with E-state index in [1.54, 1.807) is 3.28 Å². The molecule has 0 radical (unpaired) electrons. The molecule has 3 unspecified atom stereocenters. The summed E-state index contributed by atoms with van der Waals surface area (Å²) in [6, 6.07) is 0. The van der Waals surface area contributed by atoms with E-state index in [2.05, 4.69) is 43.4 Å². The number of hydrogen-bond donors (Lipinski definition) is 0. The van der Waals surface area contributed by atoms with E-state index in [0.717, 1.165) is 15.5 Å². The van der Waals surface area contributed by atoms with E-state index in [4.69, 9.17) is 0 Å². The second-order valence-corrected chi connectivity index (χ2v) is 9.00. The zero-order chi connectivity index (χ0) is 11.0. The van der Waals surface area contributed by atoms with Gasteiger partial charge in [-0.15, -0.1) is 0 Å². The van der Waals surface area contributed by atoms with Crippen LogP contribution in [0.4, 0.5) is 0 Å². The van der Waals surface area contributed by atoms with Gasteiger partial charge in [-0.2, -0.15) is 0 Å². The SMILES string of the molecule is CC1CC2CC=CC=C2[CH]1[Zr][C]1=CC=CC1. The molecule has 3 atom stereocenters. The Bertz CT molecular complexity index is 398. The van der Waals surface area contributed by atoms with Gasteiger partial charge in [0.25, 0.3) is 0 Å². The van der Waals surface area contributed by atoms with Gasteiger partial charge in [0.1, 0.15) is 0 Å². The molecule has 3 rings (SSSR count). The summed E-state index contributed by atoms with van der Waals surface area (Å²) in [5.41, 5.74) is 1.81. The molecule has 0 aliphatic heterocycles. The average Bonchev–Trinajstić information content (AvgIpc) is 2.89.